The van der Waals surface area contributed by atoms with Gasteiger partial charge in [-0.2, -0.15) is 0 Å². The van der Waals surface area contributed by atoms with E-state index in [0.717, 1.165) is 45.3 Å². The van der Waals surface area contributed by atoms with Crippen LogP contribution in [0.15, 0.2) is 315 Å². The third-order valence-electron chi connectivity index (χ3n) is 16.2. The van der Waals surface area contributed by atoms with Crippen LogP contribution in [0.3, 0.4) is 0 Å². The molecule has 15 aromatic rings. The molecule has 2 nitrogen and oxygen atoms in total. The van der Waals surface area contributed by atoms with E-state index >= 15 is 0 Å². The van der Waals surface area contributed by atoms with Gasteiger partial charge in [0.15, 0.2) is 0 Å². The van der Waals surface area contributed by atoms with Gasteiger partial charge < -0.3 is 9.13 Å². The molecule has 2 heteroatoms. The van der Waals surface area contributed by atoms with E-state index in [1.165, 1.54) is 98.7 Å². The van der Waals surface area contributed by atoms with Crippen molar-refractivity contribution in [1.29, 1.82) is 0 Å². The molecule has 15 rings (SSSR count). The normalized spacial score (nSPS) is 11.5. The maximum atomic E-state index is 2.45. The molecular weight excluding hydrogens is 965 g/mol. The topological polar surface area (TPSA) is 9.86 Å². The molecule has 0 saturated carbocycles. The van der Waals surface area contributed by atoms with Crippen LogP contribution in [0, 0.1) is 0 Å². The van der Waals surface area contributed by atoms with Gasteiger partial charge in [0.1, 0.15) is 0 Å². The monoisotopic (exact) mass is 1020 g/mol. The van der Waals surface area contributed by atoms with Crippen LogP contribution in [0.5, 0.6) is 0 Å². The van der Waals surface area contributed by atoms with Gasteiger partial charge in [0.2, 0.25) is 0 Å². The lowest BCUT2D eigenvalue weighted by Crippen LogP contribution is -1.99. The average molecular weight is 1020 g/mol. The molecule has 0 N–H and O–H groups in total. The lowest BCUT2D eigenvalue weighted by Gasteiger charge is -2.20. The minimum Gasteiger partial charge on any atom is -0.309 e. The summed E-state index contributed by atoms with van der Waals surface area (Å²) in [6.07, 6.45) is 0. The van der Waals surface area contributed by atoms with Crippen molar-refractivity contribution in [2.45, 2.75) is 0 Å². The Bertz CT molecular complexity index is 4340. The SMILES string of the molecule is c1ccc(-c2ccc(-c3ccccc3)n2-c2ccc(-c3ccc4c(-c5ccc6ccccc6c5)c5cc(-c6ccc(-n7c(-c8ccccc8)ccc7-c7ccccc7)cc6)ccc5c(-c5ccc6ccccc6c5)c4c3)cc2)cc1. The summed E-state index contributed by atoms with van der Waals surface area (Å²) in [5.41, 5.74) is 21.1. The van der Waals surface area contributed by atoms with E-state index in [9.17, 15) is 0 Å². The molecule has 0 atom stereocenters. The third kappa shape index (κ3) is 8.30. The maximum Gasteiger partial charge on any atom is 0.0535 e. The van der Waals surface area contributed by atoms with Crippen LogP contribution in [0.4, 0.5) is 0 Å². The Hall–Kier alpha value is -10.5. The summed E-state index contributed by atoms with van der Waals surface area (Å²) in [5.74, 6) is 0. The molecule has 0 aliphatic carbocycles. The number of rotatable bonds is 10. The van der Waals surface area contributed by atoms with Gasteiger partial charge >= 0.3 is 0 Å². The smallest absolute Gasteiger partial charge is 0.0535 e. The molecule has 0 fully saturated rings. The van der Waals surface area contributed by atoms with Crippen molar-refractivity contribution >= 4 is 43.1 Å². The Balaban J connectivity index is 0.915. The van der Waals surface area contributed by atoms with Crippen molar-refractivity contribution in [3.05, 3.63) is 315 Å². The fourth-order valence-corrected chi connectivity index (χ4v) is 12.3. The fourth-order valence-electron chi connectivity index (χ4n) is 12.3. The summed E-state index contributed by atoms with van der Waals surface area (Å²) in [4.78, 5) is 0. The van der Waals surface area contributed by atoms with Crippen LogP contribution in [-0.2, 0) is 0 Å². The first-order valence-corrected chi connectivity index (χ1v) is 27.6. The minimum atomic E-state index is 1.11. The van der Waals surface area contributed by atoms with Crippen molar-refractivity contribution in [3.63, 3.8) is 0 Å². The van der Waals surface area contributed by atoms with Gasteiger partial charge in [-0.1, -0.05) is 243 Å². The Morgan fingerprint density at radius 1 is 0.163 bits per heavy atom. The zero-order chi connectivity index (χ0) is 52.9. The van der Waals surface area contributed by atoms with Crippen molar-refractivity contribution in [2.75, 3.05) is 0 Å². The largest absolute Gasteiger partial charge is 0.309 e. The van der Waals surface area contributed by atoms with E-state index in [1.54, 1.807) is 0 Å². The van der Waals surface area contributed by atoms with Gasteiger partial charge in [0, 0.05) is 11.4 Å². The first kappa shape index (κ1) is 46.7. The lowest BCUT2D eigenvalue weighted by atomic mass is 9.83. The van der Waals surface area contributed by atoms with Crippen molar-refractivity contribution in [2.24, 2.45) is 0 Å². The van der Waals surface area contributed by atoms with E-state index < -0.39 is 0 Å². The summed E-state index contributed by atoms with van der Waals surface area (Å²) < 4.78 is 4.78. The van der Waals surface area contributed by atoms with E-state index in [0.29, 0.717) is 0 Å². The van der Waals surface area contributed by atoms with E-state index in [-0.39, 0.29) is 0 Å². The number of benzene rings is 13. The summed E-state index contributed by atoms with van der Waals surface area (Å²) in [6, 6.07) is 116. The fraction of sp³-hybridized carbons (Fsp3) is 0. The van der Waals surface area contributed by atoms with E-state index in [1.807, 2.05) is 0 Å². The zero-order valence-corrected chi connectivity index (χ0v) is 43.9. The molecule has 2 heterocycles. The number of fused-ring (bicyclic) bond motifs is 4. The second kappa shape index (κ2) is 19.8. The highest BCUT2D eigenvalue weighted by molar-refractivity contribution is 6.23. The maximum absolute atomic E-state index is 2.45. The van der Waals surface area contributed by atoms with Crippen LogP contribution < -0.4 is 0 Å². The highest BCUT2D eigenvalue weighted by Gasteiger charge is 2.21. The Labute approximate surface area is 466 Å². The second-order valence-electron chi connectivity index (χ2n) is 20.8. The summed E-state index contributed by atoms with van der Waals surface area (Å²) in [5, 5.41) is 9.75. The quantitative estimate of drug-likeness (QED) is 0.121. The minimum absolute atomic E-state index is 1.11. The Morgan fingerprint density at radius 3 is 0.787 bits per heavy atom. The number of hydrogen-bond acceptors (Lipinski definition) is 0. The van der Waals surface area contributed by atoms with Crippen LogP contribution in [0.25, 0.3) is 144 Å². The first-order valence-electron chi connectivity index (χ1n) is 27.6. The number of nitrogens with zero attached hydrogens (tertiary/aromatic N) is 2. The van der Waals surface area contributed by atoms with Crippen molar-refractivity contribution in [1.82, 2.24) is 9.13 Å². The molecule has 0 aliphatic rings. The molecule has 0 saturated heterocycles. The second-order valence-corrected chi connectivity index (χ2v) is 20.8. The summed E-state index contributed by atoms with van der Waals surface area (Å²) in [6.45, 7) is 0. The molecule has 0 aliphatic heterocycles. The standard InChI is InChI=1S/C78H52N2/c1-5-19-57(20-6-1)73-45-46-74(58-21-7-2-8-22-58)79(73)67-39-33-55(34-40-67)63-37-43-69-71(51-63)77(65-31-29-53-17-13-15-27-61(53)49-65)70-44-38-64(52-72(70)78(69)66-32-30-54-18-14-16-28-62(54)50-66)56-35-41-68(42-36-56)80-75(59-23-9-3-10-24-59)47-48-76(80)60-25-11-4-12-26-60/h1-52H. The predicted molar refractivity (Wildman–Crippen MR) is 339 cm³/mol. The number of hydrogen-bond donors (Lipinski definition) is 0. The van der Waals surface area contributed by atoms with Crippen LogP contribution >= 0.6 is 0 Å². The van der Waals surface area contributed by atoms with Gasteiger partial charge in [0.25, 0.3) is 0 Å². The summed E-state index contributed by atoms with van der Waals surface area (Å²) in [7, 11) is 0. The van der Waals surface area contributed by atoms with Crippen LogP contribution in [0.2, 0.25) is 0 Å². The average Bonchev–Trinajstić information content (AvgIpc) is 4.33. The van der Waals surface area contributed by atoms with Gasteiger partial charge in [-0.25, -0.2) is 0 Å². The highest BCUT2D eigenvalue weighted by Crippen LogP contribution is 2.47. The van der Waals surface area contributed by atoms with Gasteiger partial charge in [0.05, 0.1) is 22.8 Å². The molecule has 0 amide bonds. The van der Waals surface area contributed by atoms with Crippen LogP contribution in [0.1, 0.15) is 0 Å². The Morgan fingerprint density at radius 2 is 0.450 bits per heavy atom. The first-order chi connectivity index (χ1) is 39.7. The molecule has 2 aromatic heterocycles. The third-order valence-corrected chi connectivity index (χ3v) is 16.2. The van der Waals surface area contributed by atoms with Gasteiger partial charge in [-0.05, 0) is 183 Å². The van der Waals surface area contributed by atoms with Crippen LogP contribution in [-0.4, -0.2) is 9.13 Å². The number of aromatic nitrogens is 2. The summed E-state index contributed by atoms with van der Waals surface area (Å²) >= 11 is 0. The van der Waals surface area contributed by atoms with Gasteiger partial charge in [-0.3, -0.25) is 0 Å². The van der Waals surface area contributed by atoms with E-state index in [2.05, 4.69) is 325 Å². The predicted octanol–water partition coefficient (Wildman–Crippen LogP) is 21.2. The Kier molecular flexibility index (Phi) is 11.6. The molecule has 13 aromatic carbocycles. The highest BCUT2D eigenvalue weighted by atomic mass is 15.0. The molecule has 0 spiro atoms. The lowest BCUT2D eigenvalue weighted by molar-refractivity contribution is 1.09. The molecule has 0 radical (unpaired) electrons. The molecule has 374 valence electrons. The molecule has 80 heavy (non-hydrogen) atoms. The van der Waals surface area contributed by atoms with E-state index in [4.69, 9.17) is 0 Å². The van der Waals surface area contributed by atoms with Gasteiger partial charge in [-0.15, -0.1) is 0 Å². The molecular formula is C78H52N2. The van der Waals surface area contributed by atoms with Crippen molar-refractivity contribution < 1.29 is 0 Å². The molecule has 0 unspecified atom stereocenters. The molecule has 0 bridgehead atoms. The van der Waals surface area contributed by atoms with Crippen molar-refractivity contribution in [3.8, 4) is 101 Å². The zero-order valence-electron chi connectivity index (χ0n) is 43.9.